The van der Waals surface area contributed by atoms with Crippen LogP contribution in [0.3, 0.4) is 0 Å². The Morgan fingerprint density at radius 1 is 1.17 bits per heavy atom. The molecule has 0 amide bonds. The van der Waals surface area contributed by atoms with E-state index >= 15 is 0 Å². The zero-order valence-electron chi connectivity index (χ0n) is 10.6. The molecule has 0 bridgehead atoms. The molecule has 1 aromatic carbocycles. The Kier molecular flexibility index (Phi) is 3.25. The molecule has 3 rings (SSSR count). The normalized spacial score (nSPS) is 27.0. The van der Waals surface area contributed by atoms with Crippen molar-refractivity contribution in [3.8, 4) is 0 Å². The van der Waals surface area contributed by atoms with Crippen LogP contribution in [0, 0.1) is 5.92 Å². The molecule has 2 unspecified atom stereocenters. The number of nitrogens with zero attached hydrogens (tertiary/aromatic N) is 1. The van der Waals surface area contributed by atoms with Crippen molar-refractivity contribution in [3.63, 3.8) is 0 Å². The first-order chi connectivity index (χ1) is 8.77. The summed E-state index contributed by atoms with van der Waals surface area (Å²) in [4.78, 5) is 3.08. The third-order valence-corrected chi connectivity index (χ3v) is 4.69. The average molecular weight is 260 g/mol. The fraction of sp³-hybridized carbons (Fsp3) is 0.533. The summed E-state index contributed by atoms with van der Waals surface area (Å²) >= 11 is 5.19. The molecule has 2 nitrogen and oxygen atoms in total. The van der Waals surface area contributed by atoms with Crippen LogP contribution in [0.1, 0.15) is 37.7 Å². The lowest BCUT2D eigenvalue weighted by molar-refractivity contribution is 0.362. The molecule has 1 heterocycles. The molecule has 0 radical (unpaired) electrons. The highest BCUT2D eigenvalue weighted by molar-refractivity contribution is 7.80. The zero-order valence-corrected chi connectivity index (χ0v) is 11.5. The second kappa shape index (κ2) is 4.88. The molecule has 1 aliphatic heterocycles. The van der Waals surface area contributed by atoms with Crippen LogP contribution >= 0.6 is 12.2 Å². The van der Waals surface area contributed by atoms with Crippen LogP contribution in [0.15, 0.2) is 24.3 Å². The molecule has 1 aromatic rings. The number of piperidine rings is 1. The minimum absolute atomic E-state index is 0.519. The first kappa shape index (κ1) is 12.0. The highest BCUT2D eigenvalue weighted by Crippen LogP contribution is 2.39. The molecule has 1 saturated heterocycles. The van der Waals surface area contributed by atoms with E-state index < -0.39 is 0 Å². The van der Waals surface area contributed by atoms with Gasteiger partial charge in [0.2, 0.25) is 0 Å². The highest BCUT2D eigenvalue weighted by atomic mass is 32.1. The predicted molar refractivity (Wildman–Crippen MR) is 80.0 cm³/mol. The molecule has 1 saturated carbocycles. The highest BCUT2D eigenvalue weighted by Gasteiger charge is 2.35. The number of nitrogens with two attached hydrogens (primary N) is 1. The quantitative estimate of drug-likeness (QED) is 0.829. The van der Waals surface area contributed by atoms with Crippen LogP contribution < -0.4 is 10.6 Å². The van der Waals surface area contributed by atoms with Crippen LogP contribution in [0.5, 0.6) is 0 Å². The fourth-order valence-corrected chi connectivity index (χ4v) is 3.86. The lowest BCUT2D eigenvalue weighted by Crippen LogP contribution is -2.43. The van der Waals surface area contributed by atoms with Crippen molar-refractivity contribution in [2.75, 3.05) is 11.4 Å². The van der Waals surface area contributed by atoms with E-state index in [1.807, 2.05) is 6.07 Å². The van der Waals surface area contributed by atoms with E-state index in [0.717, 1.165) is 18.0 Å². The molecule has 3 heteroatoms. The van der Waals surface area contributed by atoms with E-state index in [1.54, 1.807) is 0 Å². The van der Waals surface area contributed by atoms with Gasteiger partial charge in [0.15, 0.2) is 0 Å². The standard InChI is InChI=1S/C15H20N2S/c16-15(18)12-7-1-2-8-14(12)17-10-4-6-11-5-3-9-13(11)17/h1-2,7-8,11,13H,3-6,9-10H2,(H2,16,18). The van der Waals surface area contributed by atoms with Crippen LogP contribution in [0.25, 0.3) is 0 Å². The van der Waals surface area contributed by atoms with Gasteiger partial charge < -0.3 is 10.6 Å². The molecular formula is C15H20N2S. The second-order valence-corrected chi connectivity index (χ2v) is 5.92. The Hall–Kier alpha value is -1.09. The summed E-state index contributed by atoms with van der Waals surface area (Å²) in [5.74, 6) is 0.887. The first-order valence-electron chi connectivity index (χ1n) is 6.93. The van der Waals surface area contributed by atoms with Crippen molar-refractivity contribution >= 4 is 22.9 Å². The molecule has 2 N–H and O–H groups in total. The largest absolute Gasteiger partial charge is 0.389 e. The van der Waals surface area contributed by atoms with Crippen molar-refractivity contribution in [2.45, 2.75) is 38.1 Å². The molecule has 96 valence electrons. The smallest absolute Gasteiger partial charge is 0.106 e. The maximum atomic E-state index is 5.86. The monoisotopic (exact) mass is 260 g/mol. The zero-order chi connectivity index (χ0) is 12.5. The molecule has 0 aromatic heterocycles. The summed E-state index contributed by atoms with van der Waals surface area (Å²) in [7, 11) is 0. The average Bonchev–Trinajstić information content (AvgIpc) is 2.86. The van der Waals surface area contributed by atoms with Crippen LogP contribution in [-0.2, 0) is 0 Å². The van der Waals surface area contributed by atoms with Gasteiger partial charge in [0.05, 0.1) is 0 Å². The minimum atomic E-state index is 0.519. The van der Waals surface area contributed by atoms with Gasteiger partial charge in [-0.05, 0) is 43.7 Å². The molecule has 2 atom stereocenters. The SMILES string of the molecule is NC(=S)c1ccccc1N1CCCC2CCCC21. The van der Waals surface area contributed by atoms with Crippen molar-refractivity contribution in [1.82, 2.24) is 0 Å². The van der Waals surface area contributed by atoms with Gasteiger partial charge in [0.1, 0.15) is 4.99 Å². The van der Waals surface area contributed by atoms with Gasteiger partial charge in [0.25, 0.3) is 0 Å². The van der Waals surface area contributed by atoms with E-state index in [9.17, 15) is 0 Å². The number of benzene rings is 1. The topological polar surface area (TPSA) is 29.3 Å². The van der Waals surface area contributed by atoms with E-state index in [1.165, 1.54) is 37.8 Å². The maximum Gasteiger partial charge on any atom is 0.106 e. The Labute approximate surface area is 114 Å². The number of fused-ring (bicyclic) bond motifs is 1. The number of para-hydroxylation sites is 1. The van der Waals surface area contributed by atoms with Crippen LogP contribution in [0.2, 0.25) is 0 Å². The molecule has 2 aliphatic rings. The molecule has 0 spiro atoms. The third-order valence-electron chi connectivity index (χ3n) is 4.47. The first-order valence-corrected chi connectivity index (χ1v) is 7.33. The minimum Gasteiger partial charge on any atom is -0.389 e. The summed E-state index contributed by atoms with van der Waals surface area (Å²) in [6.45, 7) is 1.15. The lowest BCUT2D eigenvalue weighted by atomic mass is 9.91. The predicted octanol–water partition coefficient (Wildman–Crippen LogP) is 3.09. The van der Waals surface area contributed by atoms with Crippen molar-refractivity contribution < 1.29 is 0 Å². The molecular weight excluding hydrogens is 240 g/mol. The van der Waals surface area contributed by atoms with Crippen LogP contribution in [-0.4, -0.2) is 17.6 Å². The summed E-state index contributed by atoms with van der Waals surface area (Å²) in [6.07, 6.45) is 6.80. The summed E-state index contributed by atoms with van der Waals surface area (Å²) in [6, 6.07) is 9.06. The number of hydrogen-bond donors (Lipinski definition) is 1. The lowest BCUT2D eigenvalue weighted by Gasteiger charge is -2.40. The third kappa shape index (κ3) is 2.01. The van der Waals surface area contributed by atoms with Crippen LogP contribution in [0.4, 0.5) is 5.69 Å². The Bertz CT molecular complexity index is 458. The fourth-order valence-electron chi connectivity index (χ4n) is 3.69. The Balaban J connectivity index is 1.96. The summed E-state index contributed by atoms with van der Waals surface area (Å²) in [5.41, 5.74) is 8.16. The number of thiocarbonyl (C=S) groups is 1. The van der Waals surface area contributed by atoms with E-state index in [-0.39, 0.29) is 0 Å². The van der Waals surface area contributed by atoms with Gasteiger partial charge in [-0.1, -0.05) is 30.8 Å². The Morgan fingerprint density at radius 2 is 1.94 bits per heavy atom. The van der Waals surface area contributed by atoms with Crippen molar-refractivity contribution in [1.29, 1.82) is 0 Å². The summed E-state index contributed by atoms with van der Waals surface area (Å²) in [5, 5.41) is 0. The molecule has 1 aliphatic carbocycles. The molecule has 2 fully saturated rings. The molecule has 18 heavy (non-hydrogen) atoms. The van der Waals surface area contributed by atoms with Gasteiger partial charge in [-0.25, -0.2) is 0 Å². The van der Waals surface area contributed by atoms with Gasteiger partial charge in [-0.2, -0.15) is 0 Å². The van der Waals surface area contributed by atoms with E-state index in [2.05, 4.69) is 23.1 Å². The van der Waals surface area contributed by atoms with Gasteiger partial charge in [-0.3, -0.25) is 0 Å². The second-order valence-electron chi connectivity index (χ2n) is 5.48. The number of rotatable bonds is 2. The van der Waals surface area contributed by atoms with Gasteiger partial charge >= 0.3 is 0 Å². The number of anilines is 1. The van der Waals surface area contributed by atoms with Gasteiger partial charge in [-0.15, -0.1) is 0 Å². The van der Waals surface area contributed by atoms with Crippen molar-refractivity contribution in [3.05, 3.63) is 29.8 Å². The van der Waals surface area contributed by atoms with Gasteiger partial charge in [0, 0.05) is 23.8 Å². The van der Waals surface area contributed by atoms with E-state index in [0.29, 0.717) is 11.0 Å². The number of hydrogen-bond acceptors (Lipinski definition) is 2. The Morgan fingerprint density at radius 3 is 2.78 bits per heavy atom. The maximum absolute atomic E-state index is 5.86. The van der Waals surface area contributed by atoms with E-state index in [4.69, 9.17) is 18.0 Å². The van der Waals surface area contributed by atoms with Crippen molar-refractivity contribution in [2.24, 2.45) is 11.7 Å². The summed E-state index contributed by atoms with van der Waals surface area (Å²) < 4.78 is 0.